The maximum atomic E-state index is 13.2. The molecule has 0 unspecified atom stereocenters. The Morgan fingerprint density at radius 2 is 1.84 bits per heavy atom. The third-order valence-corrected chi connectivity index (χ3v) is 5.85. The summed E-state index contributed by atoms with van der Waals surface area (Å²) in [5.74, 6) is -0.847. The standard InChI is InChI=1S/C26H29N3O3/c1-16(2)29-10-9-23-21(14-29)25(20-7-5-6-8-22(20)28-23)26(31)32-15-24(30)27-19-12-17(3)11-18(4)13-19/h5-8,11-13,16H,9-10,14-15H2,1-4H3,(H,27,30). The van der Waals surface area contributed by atoms with E-state index in [1.54, 1.807) is 0 Å². The number of carbonyl (C=O) groups excluding carboxylic acids is 2. The van der Waals surface area contributed by atoms with Gasteiger partial charge in [-0.1, -0.05) is 24.3 Å². The second kappa shape index (κ2) is 9.09. The van der Waals surface area contributed by atoms with Gasteiger partial charge >= 0.3 is 5.97 Å². The van der Waals surface area contributed by atoms with E-state index in [0.717, 1.165) is 46.3 Å². The van der Waals surface area contributed by atoms with Crippen molar-refractivity contribution in [3.05, 3.63) is 70.4 Å². The van der Waals surface area contributed by atoms with E-state index >= 15 is 0 Å². The van der Waals surface area contributed by atoms with E-state index in [1.807, 2.05) is 56.3 Å². The molecule has 1 amide bonds. The first kappa shape index (κ1) is 22.0. The predicted octanol–water partition coefficient (Wildman–Crippen LogP) is 4.41. The predicted molar refractivity (Wildman–Crippen MR) is 126 cm³/mol. The first-order chi connectivity index (χ1) is 15.3. The monoisotopic (exact) mass is 431 g/mol. The molecule has 1 N–H and O–H groups in total. The summed E-state index contributed by atoms with van der Waals surface area (Å²) in [6, 6.07) is 13.8. The van der Waals surface area contributed by atoms with Crippen LogP contribution in [0.5, 0.6) is 0 Å². The van der Waals surface area contributed by atoms with Crippen molar-refractivity contribution in [2.75, 3.05) is 18.5 Å². The van der Waals surface area contributed by atoms with E-state index in [1.165, 1.54) is 0 Å². The van der Waals surface area contributed by atoms with Crippen LogP contribution in [-0.4, -0.2) is 41.0 Å². The van der Waals surface area contributed by atoms with Crippen molar-refractivity contribution >= 4 is 28.5 Å². The Morgan fingerprint density at radius 1 is 1.12 bits per heavy atom. The summed E-state index contributed by atoms with van der Waals surface area (Å²) in [6.45, 7) is 9.45. The number of aromatic nitrogens is 1. The molecule has 0 bridgehead atoms. The molecule has 1 aliphatic rings. The highest BCUT2D eigenvalue weighted by molar-refractivity contribution is 6.06. The Bertz CT molecular complexity index is 1170. The van der Waals surface area contributed by atoms with Gasteiger partial charge in [0.05, 0.1) is 11.1 Å². The fraction of sp³-hybridized carbons (Fsp3) is 0.346. The summed E-state index contributed by atoms with van der Waals surface area (Å²) in [5, 5.41) is 3.58. The number of pyridine rings is 1. The van der Waals surface area contributed by atoms with Gasteiger partial charge in [-0.25, -0.2) is 4.79 Å². The number of nitrogens with zero attached hydrogens (tertiary/aromatic N) is 2. The molecule has 0 atom stereocenters. The largest absolute Gasteiger partial charge is 0.452 e. The molecule has 0 spiro atoms. The molecule has 0 radical (unpaired) electrons. The molecule has 6 heteroatoms. The van der Waals surface area contributed by atoms with E-state index in [0.29, 0.717) is 23.8 Å². The number of hydrogen-bond acceptors (Lipinski definition) is 5. The number of benzene rings is 2. The quantitative estimate of drug-likeness (QED) is 0.606. The average Bonchev–Trinajstić information content (AvgIpc) is 2.74. The van der Waals surface area contributed by atoms with Crippen molar-refractivity contribution in [3.8, 4) is 0 Å². The number of esters is 1. The van der Waals surface area contributed by atoms with Crippen molar-refractivity contribution in [3.63, 3.8) is 0 Å². The molecule has 1 aromatic heterocycles. The van der Waals surface area contributed by atoms with Crippen LogP contribution in [-0.2, 0) is 22.5 Å². The van der Waals surface area contributed by atoms with Crippen LogP contribution < -0.4 is 5.32 Å². The van der Waals surface area contributed by atoms with Crippen molar-refractivity contribution in [2.24, 2.45) is 0 Å². The summed E-state index contributed by atoms with van der Waals surface area (Å²) in [7, 11) is 0. The van der Waals surface area contributed by atoms with Crippen molar-refractivity contribution in [2.45, 2.75) is 46.7 Å². The molecular formula is C26H29N3O3. The minimum absolute atomic E-state index is 0.342. The third kappa shape index (κ3) is 4.65. The maximum absolute atomic E-state index is 13.2. The molecular weight excluding hydrogens is 402 g/mol. The van der Waals surface area contributed by atoms with Crippen LogP contribution in [0.4, 0.5) is 5.69 Å². The highest BCUT2D eigenvalue weighted by Crippen LogP contribution is 2.29. The molecule has 6 nitrogen and oxygen atoms in total. The van der Waals surface area contributed by atoms with Crippen LogP contribution in [0.1, 0.15) is 46.6 Å². The van der Waals surface area contributed by atoms with Crippen molar-refractivity contribution < 1.29 is 14.3 Å². The Kier molecular flexibility index (Phi) is 6.24. The fourth-order valence-electron chi connectivity index (χ4n) is 4.33. The normalized spacial score (nSPS) is 13.8. The van der Waals surface area contributed by atoms with E-state index < -0.39 is 5.97 Å². The van der Waals surface area contributed by atoms with Crippen LogP contribution in [0.25, 0.3) is 10.9 Å². The van der Waals surface area contributed by atoms with Gasteiger partial charge in [-0.2, -0.15) is 0 Å². The third-order valence-electron chi connectivity index (χ3n) is 5.85. The molecule has 0 saturated carbocycles. The molecule has 32 heavy (non-hydrogen) atoms. The van der Waals surface area contributed by atoms with Gasteiger partial charge in [0.1, 0.15) is 0 Å². The van der Waals surface area contributed by atoms with Crippen molar-refractivity contribution in [1.29, 1.82) is 0 Å². The van der Waals surface area contributed by atoms with Gasteiger partial charge in [-0.3, -0.25) is 14.7 Å². The number of hydrogen-bond donors (Lipinski definition) is 1. The Hall–Kier alpha value is -3.25. The van der Waals surface area contributed by atoms with Crippen LogP contribution >= 0.6 is 0 Å². The minimum atomic E-state index is -0.485. The second-order valence-electron chi connectivity index (χ2n) is 8.74. The zero-order valence-corrected chi connectivity index (χ0v) is 19.1. The molecule has 166 valence electrons. The zero-order chi connectivity index (χ0) is 22.8. The summed E-state index contributed by atoms with van der Waals surface area (Å²) in [6.07, 6.45) is 0.784. The Morgan fingerprint density at radius 3 is 2.56 bits per heavy atom. The highest BCUT2D eigenvalue weighted by atomic mass is 16.5. The first-order valence-corrected chi connectivity index (χ1v) is 11.0. The van der Waals surface area contributed by atoms with Crippen LogP contribution in [0.15, 0.2) is 42.5 Å². The number of fused-ring (bicyclic) bond motifs is 2. The lowest BCUT2D eigenvalue weighted by atomic mass is 9.95. The van der Waals surface area contributed by atoms with E-state index in [-0.39, 0.29) is 12.5 Å². The van der Waals surface area contributed by atoms with Gasteiger partial charge in [0.2, 0.25) is 0 Å². The van der Waals surface area contributed by atoms with E-state index in [2.05, 4.69) is 24.1 Å². The van der Waals surface area contributed by atoms with Crippen molar-refractivity contribution in [1.82, 2.24) is 9.88 Å². The first-order valence-electron chi connectivity index (χ1n) is 11.0. The van der Waals surface area contributed by atoms with E-state index in [4.69, 9.17) is 9.72 Å². The summed E-state index contributed by atoms with van der Waals surface area (Å²) < 4.78 is 5.50. The number of rotatable bonds is 5. The second-order valence-corrected chi connectivity index (χ2v) is 8.74. The smallest absolute Gasteiger partial charge is 0.339 e. The average molecular weight is 432 g/mol. The van der Waals surface area contributed by atoms with Crippen LogP contribution in [0.3, 0.4) is 0 Å². The van der Waals surface area contributed by atoms with E-state index in [9.17, 15) is 9.59 Å². The minimum Gasteiger partial charge on any atom is -0.452 e. The molecule has 0 fully saturated rings. The number of anilines is 1. The number of para-hydroxylation sites is 1. The SMILES string of the molecule is Cc1cc(C)cc(NC(=O)COC(=O)c2c3c(nc4ccccc24)CCN(C(C)C)C3)c1. The molecule has 0 saturated heterocycles. The summed E-state index contributed by atoms with van der Waals surface area (Å²) in [5.41, 5.74) is 5.95. The topological polar surface area (TPSA) is 71.5 Å². The number of nitrogens with one attached hydrogen (secondary N) is 1. The number of carbonyl (C=O) groups is 2. The van der Waals surface area contributed by atoms with Gasteiger partial charge in [-0.15, -0.1) is 0 Å². The lowest BCUT2D eigenvalue weighted by Crippen LogP contribution is -2.37. The highest BCUT2D eigenvalue weighted by Gasteiger charge is 2.27. The number of amides is 1. The van der Waals surface area contributed by atoms with Crippen LogP contribution in [0, 0.1) is 13.8 Å². The Balaban J connectivity index is 1.57. The van der Waals surface area contributed by atoms with Crippen LogP contribution in [0.2, 0.25) is 0 Å². The molecule has 2 aromatic carbocycles. The van der Waals surface area contributed by atoms with Gasteiger partial charge < -0.3 is 10.1 Å². The lowest BCUT2D eigenvalue weighted by Gasteiger charge is -2.32. The maximum Gasteiger partial charge on any atom is 0.339 e. The van der Waals surface area contributed by atoms with Gasteiger partial charge in [0.25, 0.3) is 5.91 Å². The lowest BCUT2D eigenvalue weighted by molar-refractivity contribution is -0.119. The molecule has 3 aromatic rings. The summed E-state index contributed by atoms with van der Waals surface area (Å²) in [4.78, 5) is 32.8. The zero-order valence-electron chi connectivity index (χ0n) is 19.1. The number of ether oxygens (including phenoxy) is 1. The van der Waals surface area contributed by atoms with Gasteiger partial charge in [-0.05, 0) is 57.0 Å². The molecule has 4 rings (SSSR count). The van der Waals surface area contributed by atoms with Gasteiger partial charge in [0, 0.05) is 47.9 Å². The van der Waals surface area contributed by atoms with Gasteiger partial charge in [0.15, 0.2) is 6.61 Å². The molecule has 0 aliphatic carbocycles. The Labute approximate surface area is 188 Å². The molecule has 1 aliphatic heterocycles. The molecule has 2 heterocycles. The fourth-order valence-corrected chi connectivity index (χ4v) is 4.33. The summed E-state index contributed by atoms with van der Waals surface area (Å²) >= 11 is 0. The number of aryl methyl sites for hydroxylation is 2.